The molecule has 8 nitrogen and oxygen atoms in total. The highest BCUT2D eigenvalue weighted by Gasteiger charge is 2.39. The highest BCUT2D eigenvalue weighted by atomic mass is 16.4. The van der Waals surface area contributed by atoms with Crippen LogP contribution in [-0.2, 0) is 9.59 Å². The number of carbonyl (C=O) groups excluding carboxylic acids is 2. The average molecular weight is 285 g/mol. The van der Waals surface area contributed by atoms with Gasteiger partial charge in [-0.05, 0) is 6.42 Å². The highest BCUT2D eigenvalue weighted by molar-refractivity contribution is 5.84. The first-order chi connectivity index (χ1) is 9.38. The Hall–Kier alpha value is -1.83. The predicted octanol–water partition coefficient (Wildman–Crippen LogP) is -1.16. The van der Waals surface area contributed by atoms with Crippen LogP contribution in [0.15, 0.2) is 0 Å². The van der Waals surface area contributed by atoms with Crippen molar-refractivity contribution in [1.82, 2.24) is 15.1 Å². The van der Waals surface area contributed by atoms with Gasteiger partial charge in [0.15, 0.2) is 0 Å². The zero-order chi connectivity index (χ0) is 14.9. The topological polar surface area (TPSA) is 110 Å². The highest BCUT2D eigenvalue weighted by Crippen LogP contribution is 2.19. The normalized spacial score (nSPS) is 30.5. The van der Waals surface area contributed by atoms with Crippen LogP contribution in [-0.4, -0.2) is 76.2 Å². The Balaban J connectivity index is 1.94. The number of likely N-dealkylation sites (tertiary alicyclic amines) is 2. The van der Waals surface area contributed by atoms with Crippen LogP contribution >= 0.6 is 0 Å². The largest absolute Gasteiger partial charge is 0.480 e. The van der Waals surface area contributed by atoms with Gasteiger partial charge in [-0.15, -0.1) is 0 Å². The maximum Gasteiger partial charge on any atom is 0.326 e. The van der Waals surface area contributed by atoms with Crippen LogP contribution in [0.25, 0.3) is 0 Å². The number of nitrogens with one attached hydrogen (secondary N) is 1. The van der Waals surface area contributed by atoms with Crippen molar-refractivity contribution in [3.05, 3.63) is 0 Å². The first-order valence-electron chi connectivity index (χ1n) is 6.60. The van der Waals surface area contributed by atoms with Gasteiger partial charge in [-0.1, -0.05) is 0 Å². The number of nitrogens with zero attached hydrogens (tertiary/aromatic N) is 2. The molecule has 2 aliphatic rings. The van der Waals surface area contributed by atoms with E-state index in [4.69, 9.17) is 5.11 Å². The van der Waals surface area contributed by atoms with Gasteiger partial charge in [0.1, 0.15) is 6.04 Å². The molecule has 3 atom stereocenters. The molecule has 2 aliphatic heterocycles. The molecular formula is C12H19N3O5. The SMILES string of the molecule is CN1CC(NC(=O)N2C[C@@H](O)C[C@H]2C(=O)O)CCC1=O. The predicted molar refractivity (Wildman–Crippen MR) is 67.9 cm³/mol. The zero-order valence-electron chi connectivity index (χ0n) is 11.3. The van der Waals surface area contributed by atoms with Gasteiger partial charge in [-0.2, -0.15) is 0 Å². The Kier molecular flexibility index (Phi) is 4.12. The molecule has 0 aromatic rings. The minimum atomic E-state index is -1.12. The fourth-order valence-electron chi connectivity index (χ4n) is 2.66. The number of hydrogen-bond donors (Lipinski definition) is 3. The lowest BCUT2D eigenvalue weighted by atomic mass is 10.1. The molecule has 0 saturated carbocycles. The Morgan fingerprint density at radius 2 is 2.05 bits per heavy atom. The fourth-order valence-corrected chi connectivity index (χ4v) is 2.66. The number of aliphatic hydroxyl groups excluding tert-OH is 1. The van der Waals surface area contributed by atoms with E-state index in [0.29, 0.717) is 19.4 Å². The molecule has 0 aromatic carbocycles. The van der Waals surface area contributed by atoms with Gasteiger partial charge in [0.05, 0.1) is 6.10 Å². The number of carboxylic acid groups (broad SMARTS) is 1. The fraction of sp³-hybridized carbons (Fsp3) is 0.750. The molecule has 0 radical (unpaired) electrons. The number of likely N-dealkylation sites (N-methyl/N-ethyl adjacent to an activating group) is 1. The summed E-state index contributed by atoms with van der Waals surface area (Å²) >= 11 is 0. The molecule has 3 N–H and O–H groups in total. The van der Waals surface area contributed by atoms with Crippen molar-refractivity contribution < 1.29 is 24.6 Å². The second-order valence-corrected chi connectivity index (χ2v) is 5.36. The van der Waals surface area contributed by atoms with Crippen molar-refractivity contribution >= 4 is 17.9 Å². The summed E-state index contributed by atoms with van der Waals surface area (Å²) < 4.78 is 0. The Morgan fingerprint density at radius 3 is 2.65 bits per heavy atom. The Bertz CT molecular complexity index is 427. The molecule has 0 aliphatic carbocycles. The number of piperidine rings is 1. The Labute approximate surface area is 116 Å². The van der Waals surface area contributed by atoms with Crippen LogP contribution in [0.3, 0.4) is 0 Å². The first kappa shape index (κ1) is 14.6. The van der Waals surface area contributed by atoms with Gasteiger partial charge >= 0.3 is 12.0 Å². The lowest BCUT2D eigenvalue weighted by molar-refractivity contribution is -0.141. The second kappa shape index (κ2) is 5.66. The van der Waals surface area contributed by atoms with E-state index in [1.54, 1.807) is 11.9 Å². The third-order valence-corrected chi connectivity index (χ3v) is 3.78. The molecular weight excluding hydrogens is 266 g/mol. The molecule has 112 valence electrons. The number of β-amino-alcohol motifs (C(OH)–C–C–N with tert-alkyl or cyclic N) is 1. The molecule has 2 fully saturated rings. The van der Waals surface area contributed by atoms with Crippen molar-refractivity contribution in [2.24, 2.45) is 0 Å². The number of urea groups is 1. The minimum absolute atomic E-state index is 0.0181. The molecule has 2 rings (SSSR count). The van der Waals surface area contributed by atoms with Gasteiger partial charge in [0, 0.05) is 39.0 Å². The first-order valence-corrected chi connectivity index (χ1v) is 6.60. The van der Waals surface area contributed by atoms with Crippen LogP contribution in [0.2, 0.25) is 0 Å². The summed E-state index contributed by atoms with van der Waals surface area (Å²) in [5.74, 6) is -1.08. The molecule has 0 aromatic heterocycles. The van der Waals surface area contributed by atoms with E-state index in [0.717, 1.165) is 4.90 Å². The lowest BCUT2D eigenvalue weighted by Gasteiger charge is -2.32. The van der Waals surface area contributed by atoms with Crippen molar-refractivity contribution in [1.29, 1.82) is 0 Å². The maximum absolute atomic E-state index is 12.1. The number of aliphatic hydroxyl groups is 1. The smallest absolute Gasteiger partial charge is 0.326 e. The van der Waals surface area contributed by atoms with Crippen molar-refractivity contribution in [2.75, 3.05) is 20.1 Å². The summed E-state index contributed by atoms with van der Waals surface area (Å²) in [4.78, 5) is 37.2. The lowest BCUT2D eigenvalue weighted by Crippen LogP contribution is -2.54. The second-order valence-electron chi connectivity index (χ2n) is 5.36. The molecule has 0 spiro atoms. The van der Waals surface area contributed by atoms with E-state index in [9.17, 15) is 19.5 Å². The molecule has 3 amide bonds. The van der Waals surface area contributed by atoms with Crippen molar-refractivity contribution in [3.63, 3.8) is 0 Å². The van der Waals surface area contributed by atoms with E-state index in [1.165, 1.54) is 0 Å². The summed E-state index contributed by atoms with van der Waals surface area (Å²) in [5, 5.41) is 21.3. The molecule has 20 heavy (non-hydrogen) atoms. The third-order valence-electron chi connectivity index (χ3n) is 3.78. The number of amides is 3. The molecule has 8 heteroatoms. The molecule has 2 heterocycles. The molecule has 0 bridgehead atoms. The molecule has 2 saturated heterocycles. The van der Waals surface area contributed by atoms with E-state index < -0.39 is 24.1 Å². The van der Waals surface area contributed by atoms with Crippen LogP contribution in [0.4, 0.5) is 4.79 Å². The number of carbonyl (C=O) groups is 3. The number of carboxylic acids is 1. The van der Waals surface area contributed by atoms with Gasteiger partial charge in [-0.25, -0.2) is 9.59 Å². The van der Waals surface area contributed by atoms with Crippen LogP contribution in [0.5, 0.6) is 0 Å². The Morgan fingerprint density at radius 1 is 1.35 bits per heavy atom. The quantitative estimate of drug-likeness (QED) is 0.592. The number of rotatable bonds is 2. The van der Waals surface area contributed by atoms with Crippen LogP contribution in [0.1, 0.15) is 19.3 Å². The van der Waals surface area contributed by atoms with Gasteiger partial charge in [0.25, 0.3) is 0 Å². The number of hydrogen-bond acceptors (Lipinski definition) is 4. The molecule has 1 unspecified atom stereocenters. The average Bonchev–Trinajstić information content (AvgIpc) is 2.76. The van der Waals surface area contributed by atoms with Crippen LogP contribution < -0.4 is 5.32 Å². The van der Waals surface area contributed by atoms with Gasteiger partial charge in [0.2, 0.25) is 5.91 Å². The maximum atomic E-state index is 12.1. The standard InChI is InChI=1S/C12H19N3O5/c1-14-5-7(2-3-10(14)17)13-12(20)15-6-8(16)4-9(15)11(18)19/h7-9,16H,2-6H2,1H3,(H,13,20)(H,18,19)/t7?,8-,9-/m0/s1. The van der Waals surface area contributed by atoms with E-state index in [1.807, 2.05) is 0 Å². The van der Waals surface area contributed by atoms with E-state index in [2.05, 4.69) is 5.32 Å². The summed E-state index contributed by atoms with van der Waals surface area (Å²) in [5.41, 5.74) is 0. The van der Waals surface area contributed by atoms with Crippen molar-refractivity contribution in [2.45, 2.75) is 37.5 Å². The van der Waals surface area contributed by atoms with Gasteiger partial charge < -0.3 is 25.3 Å². The van der Waals surface area contributed by atoms with E-state index in [-0.39, 0.29) is 24.9 Å². The summed E-state index contributed by atoms with van der Waals surface area (Å²) in [6.07, 6.45) is 0.152. The summed E-state index contributed by atoms with van der Waals surface area (Å²) in [6.45, 7) is 0.434. The monoisotopic (exact) mass is 285 g/mol. The van der Waals surface area contributed by atoms with Crippen LogP contribution in [0, 0.1) is 0 Å². The summed E-state index contributed by atoms with van der Waals surface area (Å²) in [6, 6.07) is -1.67. The zero-order valence-corrected chi connectivity index (χ0v) is 11.3. The third kappa shape index (κ3) is 3.01. The van der Waals surface area contributed by atoms with E-state index >= 15 is 0 Å². The van der Waals surface area contributed by atoms with Gasteiger partial charge in [-0.3, -0.25) is 4.79 Å². The minimum Gasteiger partial charge on any atom is -0.480 e. The number of aliphatic carboxylic acids is 1. The summed E-state index contributed by atoms with van der Waals surface area (Å²) in [7, 11) is 1.67. The van der Waals surface area contributed by atoms with Crippen molar-refractivity contribution in [3.8, 4) is 0 Å².